The minimum Gasteiger partial charge on any atom is -0.297 e. The van der Waals surface area contributed by atoms with Crippen molar-refractivity contribution in [2.24, 2.45) is 5.18 Å². The summed E-state index contributed by atoms with van der Waals surface area (Å²) in [5.41, 5.74) is 0. The maximum atomic E-state index is 10.7. The van der Waals surface area contributed by atoms with E-state index in [9.17, 15) is 14.5 Å². The van der Waals surface area contributed by atoms with Gasteiger partial charge in [0.2, 0.25) is 6.04 Å². The lowest BCUT2D eigenvalue weighted by atomic mass is 10.1. The van der Waals surface area contributed by atoms with Crippen LogP contribution in [0.15, 0.2) is 5.18 Å². The highest BCUT2D eigenvalue weighted by atomic mass is 16.3. The number of nitroso groups, excluding NO2 is 1. The first-order valence-corrected chi connectivity index (χ1v) is 2.99. The Labute approximate surface area is 58.6 Å². The lowest BCUT2D eigenvalue weighted by Gasteiger charge is -1.98. The number of hydrogen-bond acceptors (Lipinski definition) is 4. The van der Waals surface area contributed by atoms with Crippen LogP contribution in [0.2, 0.25) is 0 Å². The molecule has 0 amide bonds. The predicted molar refractivity (Wildman–Crippen MR) is 35.6 cm³/mol. The van der Waals surface area contributed by atoms with Crippen LogP contribution in [0.25, 0.3) is 0 Å². The van der Waals surface area contributed by atoms with Gasteiger partial charge >= 0.3 is 0 Å². The molecule has 0 rings (SSSR count). The van der Waals surface area contributed by atoms with Crippen LogP contribution in [0.4, 0.5) is 0 Å². The first-order chi connectivity index (χ1) is 4.63. The van der Waals surface area contributed by atoms with Gasteiger partial charge in [-0.15, -0.1) is 4.91 Å². The van der Waals surface area contributed by atoms with E-state index >= 15 is 0 Å². The summed E-state index contributed by atoms with van der Waals surface area (Å²) in [6.45, 7) is 2.77. The summed E-state index contributed by atoms with van der Waals surface area (Å²) >= 11 is 0. The molecule has 4 nitrogen and oxygen atoms in total. The summed E-state index contributed by atoms with van der Waals surface area (Å²) in [7, 11) is 0. The fraction of sp³-hybridized carbons (Fsp3) is 0.667. The fourth-order valence-electron chi connectivity index (χ4n) is 0.553. The van der Waals surface area contributed by atoms with Gasteiger partial charge in [0.1, 0.15) is 0 Å². The summed E-state index contributed by atoms with van der Waals surface area (Å²) in [5.74, 6) is -0.899. The molecule has 0 aliphatic heterocycles. The molecule has 0 heterocycles. The SMILES string of the molecule is CCC(=O)C(N=O)C(C)=O. The largest absolute Gasteiger partial charge is 0.297 e. The lowest BCUT2D eigenvalue weighted by Crippen LogP contribution is -2.24. The molecule has 0 spiro atoms. The van der Waals surface area contributed by atoms with Crippen LogP contribution >= 0.6 is 0 Å². The summed E-state index contributed by atoms with van der Waals surface area (Å²) < 4.78 is 0. The first kappa shape index (κ1) is 8.94. The second kappa shape index (κ2) is 3.87. The summed E-state index contributed by atoms with van der Waals surface area (Å²) in [6, 6.07) is -1.27. The Kier molecular flexibility index (Phi) is 3.46. The van der Waals surface area contributed by atoms with Crippen molar-refractivity contribution in [2.75, 3.05) is 0 Å². The topological polar surface area (TPSA) is 63.6 Å². The van der Waals surface area contributed by atoms with Gasteiger partial charge in [0.25, 0.3) is 0 Å². The zero-order chi connectivity index (χ0) is 8.15. The smallest absolute Gasteiger partial charge is 0.207 e. The van der Waals surface area contributed by atoms with E-state index in [0.29, 0.717) is 0 Å². The predicted octanol–water partition coefficient (Wildman–Crippen LogP) is 0.690. The standard InChI is InChI=1S/C6H9NO3/c1-3-5(9)6(7-10)4(2)8/h6H,3H2,1-2H3. The molecule has 0 N–H and O–H groups in total. The number of ketones is 2. The molecule has 1 atom stereocenters. The molecule has 0 saturated heterocycles. The quantitative estimate of drug-likeness (QED) is 0.429. The maximum absolute atomic E-state index is 10.7. The van der Waals surface area contributed by atoms with Crippen molar-refractivity contribution < 1.29 is 9.59 Å². The zero-order valence-corrected chi connectivity index (χ0v) is 5.96. The molecule has 0 aliphatic carbocycles. The van der Waals surface area contributed by atoms with E-state index in [4.69, 9.17) is 0 Å². The van der Waals surface area contributed by atoms with E-state index in [-0.39, 0.29) is 6.42 Å². The lowest BCUT2D eigenvalue weighted by molar-refractivity contribution is -0.127. The van der Waals surface area contributed by atoms with Gasteiger partial charge in [-0.2, -0.15) is 0 Å². The van der Waals surface area contributed by atoms with Crippen molar-refractivity contribution in [3.63, 3.8) is 0 Å². The maximum Gasteiger partial charge on any atom is 0.207 e. The van der Waals surface area contributed by atoms with Crippen LogP contribution in [0, 0.1) is 4.91 Å². The molecule has 0 radical (unpaired) electrons. The number of Topliss-reactive ketones (excluding diaryl/α,β-unsaturated/α-hetero) is 2. The Morgan fingerprint density at radius 2 is 2.00 bits per heavy atom. The van der Waals surface area contributed by atoms with Crippen LogP contribution in [-0.4, -0.2) is 17.6 Å². The number of nitrogens with zero attached hydrogens (tertiary/aromatic N) is 1. The Morgan fingerprint density at radius 3 is 2.10 bits per heavy atom. The van der Waals surface area contributed by atoms with E-state index in [1.807, 2.05) is 0 Å². The highest BCUT2D eigenvalue weighted by molar-refractivity contribution is 6.05. The van der Waals surface area contributed by atoms with E-state index < -0.39 is 17.6 Å². The molecular formula is C6H9NO3. The Balaban J connectivity index is 4.20. The normalized spacial score (nSPS) is 12.2. The van der Waals surface area contributed by atoms with Crippen molar-refractivity contribution in [1.29, 1.82) is 0 Å². The Bertz CT molecular complexity index is 164. The summed E-state index contributed by atoms with van der Waals surface area (Å²) in [6.07, 6.45) is 0.177. The van der Waals surface area contributed by atoms with Gasteiger partial charge in [-0.05, 0) is 6.92 Å². The van der Waals surface area contributed by atoms with Gasteiger partial charge in [0.05, 0.1) is 0 Å². The van der Waals surface area contributed by atoms with Crippen molar-refractivity contribution in [2.45, 2.75) is 26.3 Å². The number of carbonyl (C=O) groups excluding carboxylic acids is 2. The van der Waals surface area contributed by atoms with E-state index in [1.165, 1.54) is 6.92 Å². The third-order valence-electron chi connectivity index (χ3n) is 1.14. The van der Waals surface area contributed by atoms with Gasteiger partial charge in [0, 0.05) is 6.42 Å². The Morgan fingerprint density at radius 1 is 1.50 bits per heavy atom. The third-order valence-corrected chi connectivity index (χ3v) is 1.14. The molecule has 0 fully saturated rings. The average molecular weight is 143 g/mol. The highest BCUT2D eigenvalue weighted by Crippen LogP contribution is 1.97. The molecule has 0 aromatic carbocycles. The van der Waals surface area contributed by atoms with Crippen molar-refractivity contribution in [3.05, 3.63) is 4.91 Å². The molecule has 0 aliphatic rings. The molecule has 4 heteroatoms. The van der Waals surface area contributed by atoms with Gasteiger partial charge in [0.15, 0.2) is 11.6 Å². The fourth-order valence-corrected chi connectivity index (χ4v) is 0.553. The van der Waals surface area contributed by atoms with E-state index in [0.717, 1.165) is 0 Å². The van der Waals surface area contributed by atoms with Crippen LogP contribution < -0.4 is 0 Å². The van der Waals surface area contributed by atoms with Crippen LogP contribution in [0.3, 0.4) is 0 Å². The van der Waals surface area contributed by atoms with Crippen molar-refractivity contribution in [3.8, 4) is 0 Å². The number of hydrogen-bond donors (Lipinski definition) is 0. The molecule has 10 heavy (non-hydrogen) atoms. The van der Waals surface area contributed by atoms with Gasteiger partial charge < -0.3 is 0 Å². The average Bonchev–Trinajstić information content (AvgIpc) is 1.88. The molecular weight excluding hydrogens is 134 g/mol. The first-order valence-electron chi connectivity index (χ1n) is 2.99. The highest BCUT2D eigenvalue weighted by Gasteiger charge is 2.21. The summed E-state index contributed by atoms with van der Waals surface area (Å²) in [5, 5.41) is 2.41. The molecule has 0 aromatic heterocycles. The van der Waals surface area contributed by atoms with E-state index in [1.54, 1.807) is 6.92 Å². The molecule has 0 saturated carbocycles. The van der Waals surface area contributed by atoms with Crippen molar-refractivity contribution in [1.82, 2.24) is 0 Å². The third kappa shape index (κ3) is 2.05. The van der Waals surface area contributed by atoms with Crippen molar-refractivity contribution >= 4 is 11.6 Å². The number of carbonyl (C=O) groups is 2. The van der Waals surface area contributed by atoms with Crippen LogP contribution in [0.5, 0.6) is 0 Å². The monoisotopic (exact) mass is 143 g/mol. The molecule has 0 aromatic rings. The second-order valence-corrected chi connectivity index (χ2v) is 1.94. The van der Waals surface area contributed by atoms with Crippen LogP contribution in [-0.2, 0) is 9.59 Å². The summed E-state index contributed by atoms with van der Waals surface area (Å²) in [4.78, 5) is 31.0. The molecule has 56 valence electrons. The van der Waals surface area contributed by atoms with Crippen LogP contribution in [0.1, 0.15) is 20.3 Å². The minimum atomic E-state index is -1.27. The number of rotatable bonds is 4. The van der Waals surface area contributed by atoms with E-state index in [2.05, 4.69) is 5.18 Å². The minimum absolute atomic E-state index is 0.177. The second-order valence-electron chi connectivity index (χ2n) is 1.94. The molecule has 1 unspecified atom stereocenters. The Hall–Kier alpha value is -1.06. The van der Waals surface area contributed by atoms with Gasteiger partial charge in [-0.3, -0.25) is 9.59 Å². The van der Waals surface area contributed by atoms with Gasteiger partial charge in [-0.25, -0.2) is 0 Å². The van der Waals surface area contributed by atoms with Gasteiger partial charge in [-0.1, -0.05) is 12.1 Å². The molecule has 0 bridgehead atoms. The zero-order valence-electron chi connectivity index (χ0n) is 5.96.